The Labute approximate surface area is 182 Å². The van der Waals surface area contributed by atoms with Gasteiger partial charge in [-0.25, -0.2) is 13.8 Å². The van der Waals surface area contributed by atoms with Crippen LogP contribution in [0.25, 0.3) is 22.8 Å². The first-order valence-electron chi connectivity index (χ1n) is 8.59. The van der Waals surface area contributed by atoms with E-state index in [9.17, 15) is 8.78 Å². The summed E-state index contributed by atoms with van der Waals surface area (Å²) in [5.74, 6) is 1.99. The van der Waals surface area contributed by atoms with Crippen LogP contribution in [0.3, 0.4) is 0 Å². The summed E-state index contributed by atoms with van der Waals surface area (Å²) < 4.78 is 32.9. The van der Waals surface area contributed by atoms with Crippen LogP contribution in [0.2, 0.25) is 5.02 Å². The Balaban J connectivity index is 1.31. The quantitative estimate of drug-likeness (QED) is 0.292. The number of aromatic nitrogens is 7. The summed E-state index contributed by atoms with van der Waals surface area (Å²) in [6.07, 6.45) is -1.29. The van der Waals surface area contributed by atoms with Gasteiger partial charge in [0, 0.05) is 35.3 Å². The number of hydrogen-bond donors (Lipinski definition) is 1. The maximum Gasteiger partial charge on any atom is 0.282 e. The minimum Gasteiger partial charge on any atom is -0.411 e. The van der Waals surface area contributed by atoms with Crippen LogP contribution in [0.15, 0.2) is 45.3 Å². The molecule has 1 aromatic carbocycles. The third-order valence-corrected chi connectivity index (χ3v) is 5.97. The smallest absolute Gasteiger partial charge is 0.282 e. The van der Waals surface area contributed by atoms with Crippen molar-refractivity contribution < 1.29 is 13.2 Å². The molecule has 0 unspecified atom stereocenters. The minimum atomic E-state index is -2.72. The van der Waals surface area contributed by atoms with Gasteiger partial charge in [0.05, 0.1) is 5.56 Å². The normalized spacial score (nSPS) is 11.5. The van der Waals surface area contributed by atoms with Crippen LogP contribution in [-0.4, -0.2) is 46.7 Å². The van der Waals surface area contributed by atoms with Crippen LogP contribution in [0.4, 0.5) is 8.78 Å². The molecular formula is C17H14ClF2N7OS2. The average molecular weight is 470 g/mol. The van der Waals surface area contributed by atoms with Crippen molar-refractivity contribution in [1.82, 2.24) is 35.2 Å². The molecule has 0 radical (unpaired) electrons. The van der Waals surface area contributed by atoms with Gasteiger partial charge in [0.1, 0.15) is 5.69 Å². The van der Waals surface area contributed by atoms with E-state index in [0.29, 0.717) is 32.7 Å². The maximum absolute atomic E-state index is 13.1. The standard InChI is InChI=1S/C17H14ClF2N7OS2/c1-27-8-11(12(26-27)13(19)20)15-23-25-17(28-15)30-6-5-29-16-21-14(22-24-16)9-3-2-4-10(18)7-9/h2-4,7-8,13H,5-6H2,1H3,(H,21,22,24). The lowest BCUT2D eigenvalue weighted by molar-refractivity contribution is 0.145. The fourth-order valence-electron chi connectivity index (χ4n) is 2.55. The second-order valence-electron chi connectivity index (χ2n) is 5.95. The zero-order valence-electron chi connectivity index (χ0n) is 15.4. The molecule has 13 heteroatoms. The molecule has 0 aliphatic carbocycles. The molecule has 0 spiro atoms. The van der Waals surface area contributed by atoms with Crippen LogP contribution in [0.5, 0.6) is 0 Å². The summed E-state index contributed by atoms with van der Waals surface area (Å²) in [6, 6.07) is 7.34. The molecule has 4 aromatic rings. The van der Waals surface area contributed by atoms with E-state index in [1.165, 1.54) is 34.4 Å². The van der Waals surface area contributed by atoms with Gasteiger partial charge >= 0.3 is 0 Å². The molecule has 0 atom stereocenters. The number of hydrogen-bond acceptors (Lipinski definition) is 8. The lowest BCUT2D eigenvalue weighted by Crippen LogP contribution is -1.91. The van der Waals surface area contributed by atoms with Crippen molar-refractivity contribution in [2.75, 3.05) is 11.5 Å². The number of aromatic amines is 1. The van der Waals surface area contributed by atoms with Gasteiger partial charge in [0.2, 0.25) is 5.16 Å². The number of thioether (sulfide) groups is 2. The van der Waals surface area contributed by atoms with Gasteiger partial charge in [-0.1, -0.05) is 47.3 Å². The molecule has 0 bridgehead atoms. The first kappa shape index (κ1) is 20.8. The van der Waals surface area contributed by atoms with E-state index in [-0.39, 0.29) is 17.1 Å². The molecule has 0 aliphatic rings. The molecule has 8 nitrogen and oxygen atoms in total. The summed E-state index contributed by atoms with van der Waals surface area (Å²) in [6.45, 7) is 0. The lowest BCUT2D eigenvalue weighted by Gasteiger charge is -1.96. The monoisotopic (exact) mass is 469 g/mol. The summed E-state index contributed by atoms with van der Waals surface area (Å²) in [4.78, 5) is 4.44. The molecule has 156 valence electrons. The number of nitrogens with zero attached hydrogens (tertiary/aromatic N) is 6. The van der Waals surface area contributed by atoms with Crippen molar-refractivity contribution in [2.24, 2.45) is 7.05 Å². The Morgan fingerprint density at radius 3 is 2.87 bits per heavy atom. The molecule has 0 saturated carbocycles. The highest BCUT2D eigenvalue weighted by atomic mass is 35.5. The van der Waals surface area contributed by atoms with Crippen molar-refractivity contribution in [3.8, 4) is 22.8 Å². The van der Waals surface area contributed by atoms with E-state index in [4.69, 9.17) is 16.0 Å². The van der Waals surface area contributed by atoms with E-state index < -0.39 is 6.43 Å². The zero-order chi connectivity index (χ0) is 21.1. The highest BCUT2D eigenvalue weighted by Gasteiger charge is 2.23. The van der Waals surface area contributed by atoms with Crippen LogP contribution in [0.1, 0.15) is 12.1 Å². The molecule has 3 aromatic heterocycles. The van der Waals surface area contributed by atoms with Crippen molar-refractivity contribution in [2.45, 2.75) is 16.8 Å². The van der Waals surface area contributed by atoms with Gasteiger partial charge in [-0.2, -0.15) is 5.10 Å². The molecule has 1 N–H and O–H groups in total. The highest BCUT2D eigenvalue weighted by Crippen LogP contribution is 2.31. The Hall–Kier alpha value is -2.44. The van der Waals surface area contributed by atoms with E-state index in [1.807, 2.05) is 12.1 Å². The zero-order valence-corrected chi connectivity index (χ0v) is 17.8. The summed E-state index contributed by atoms with van der Waals surface area (Å²) >= 11 is 8.78. The van der Waals surface area contributed by atoms with Crippen molar-refractivity contribution >= 4 is 35.1 Å². The molecule has 3 heterocycles. The number of H-pyrrole nitrogens is 1. The predicted molar refractivity (Wildman–Crippen MR) is 110 cm³/mol. The van der Waals surface area contributed by atoms with Gasteiger partial charge < -0.3 is 4.42 Å². The van der Waals surface area contributed by atoms with Crippen LogP contribution in [-0.2, 0) is 7.05 Å². The van der Waals surface area contributed by atoms with Gasteiger partial charge in [-0.15, -0.1) is 15.3 Å². The van der Waals surface area contributed by atoms with E-state index >= 15 is 0 Å². The van der Waals surface area contributed by atoms with Crippen molar-refractivity contribution in [1.29, 1.82) is 0 Å². The second-order valence-corrected chi connectivity index (χ2v) is 8.49. The molecule has 0 amide bonds. The summed E-state index contributed by atoms with van der Waals surface area (Å²) in [5.41, 5.74) is 0.608. The number of alkyl halides is 2. The topological polar surface area (TPSA) is 98.3 Å². The summed E-state index contributed by atoms with van der Waals surface area (Å²) in [7, 11) is 1.56. The van der Waals surface area contributed by atoms with E-state index in [0.717, 1.165) is 5.56 Å². The number of aryl methyl sites for hydroxylation is 1. The van der Waals surface area contributed by atoms with E-state index in [1.54, 1.807) is 19.2 Å². The Morgan fingerprint density at radius 2 is 2.07 bits per heavy atom. The summed E-state index contributed by atoms with van der Waals surface area (Å²) in [5, 5.41) is 20.1. The Bertz CT molecular complexity index is 1150. The number of benzene rings is 1. The second kappa shape index (κ2) is 9.14. The van der Waals surface area contributed by atoms with Crippen LogP contribution in [0, 0.1) is 0 Å². The molecular weight excluding hydrogens is 456 g/mol. The number of halogens is 3. The first-order valence-corrected chi connectivity index (χ1v) is 10.9. The minimum absolute atomic E-state index is 0.0219. The molecule has 0 saturated heterocycles. The average Bonchev–Trinajstić information content (AvgIpc) is 3.44. The molecule has 4 rings (SSSR count). The van der Waals surface area contributed by atoms with Crippen LogP contribution >= 0.6 is 35.1 Å². The lowest BCUT2D eigenvalue weighted by atomic mass is 10.2. The fourth-order valence-corrected chi connectivity index (χ4v) is 4.26. The SMILES string of the molecule is Cn1cc(-c2nnc(SCCSc3n[nH]c(-c4cccc(Cl)c4)n3)o2)c(C(F)F)n1. The molecule has 0 aliphatic heterocycles. The largest absolute Gasteiger partial charge is 0.411 e. The number of rotatable bonds is 8. The first-order chi connectivity index (χ1) is 14.5. The van der Waals surface area contributed by atoms with Gasteiger partial charge in [-0.05, 0) is 12.1 Å². The molecule has 0 fully saturated rings. The van der Waals surface area contributed by atoms with Crippen molar-refractivity contribution in [3.63, 3.8) is 0 Å². The van der Waals surface area contributed by atoms with Gasteiger partial charge in [-0.3, -0.25) is 9.78 Å². The Morgan fingerprint density at radius 1 is 1.23 bits per heavy atom. The highest BCUT2D eigenvalue weighted by molar-refractivity contribution is 8.02. The Kier molecular flexibility index (Phi) is 6.35. The third-order valence-electron chi connectivity index (χ3n) is 3.80. The predicted octanol–water partition coefficient (Wildman–Crippen LogP) is 4.73. The van der Waals surface area contributed by atoms with Gasteiger partial charge in [0.15, 0.2) is 5.82 Å². The van der Waals surface area contributed by atoms with Gasteiger partial charge in [0.25, 0.3) is 17.5 Å². The van der Waals surface area contributed by atoms with Crippen molar-refractivity contribution in [3.05, 3.63) is 41.2 Å². The maximum atomic E-state index is 13.1. The fraction of sp³-hybridized carbons (Fsp3) is 0.235. The molecule has 30 heavy (non-hydrogen) atoms. The van der Waals surface area contributed by atoms with Crippen LogP contribution < -0.4 is 0 Å². The third kappa shape index (κ3) is 4.82. The van der Waals surface area contributed by atoms with E-state index in [2.05, 4.69) is 30.5 Å². The number of nitrogens with one attached hydrogen (secondary N) is 1.